The molecule has 120 valence electrons. The van der Waals surface area contributed by atoms with E-state index in [0.29, 0.717) is 5.75 Å². The van der Waals surface area contributed by atoms with Crippen LogP contribution in [0.25, 0.3) is 0 Å². The molecule has 1 amide bonds. The number of anilines is 1. The second-order valence-corrected chi connectivity index (χ2v) is 5.01. The number of nitrogens with one attached hydrogen (secondary N) is 1. The molecule has 0 unspecified atom stereocenters. The third-order valence-corrected chi connectivity index (χ3v) is 3.33. The van der Waals surface area contributed by atoms with Crippen molar-refractivity contribution in [3.8, 4) is 5.75 Å². The number of hydrogen-bond acceptors (Lipinski definition) is 6. The van der Waals surface area contributed by atoms with Crippen LogP contribution in [-0.4, -0.2) is 52.0 Å². The predicted molar refractivity (Wildman–Crippen MR) is 79.8 cm³/mol. The van der Waals surface area contributed by atoms with Crippen molar-refractivity contribution in [1.82, 2.24) is 5.32 Å². The van der Waals surface area contributed by atoms with Gasteiger partial charge in [0.1, 0.15) is 6.54 Å². The molecule has 0 saturated carbocycles. The molecule has 1 aromatic carbocycles. The van der Waals surface area contributed by atoms with Crippen molar-refractivity contribution >= 4 is 17.6 Å². The molecule has 0 atom stereocenters. The summed E-state index contributed by atoms with van der Waals surface area (Å²) in [6.45, 7) is 2.29. The first kappa shape index (κ1) is 16.3. The highest BCUT2D eigenvalue weighted by molar-refractivity contribution is 5.89. The lowest BCUT2D eigenvalue weighted by Crippen LogP contribution is -2.45. The molecule has 2 rings (SSSR count). The maximum Gasteiger partial charge on any atom is 0.331 e. The van der Waals surface area contributed by atoms with Gasteiger partial charge in [0.2, 0.25) is 5.91 Å². The van der Waals surface area contributed by atoms with Crippen molar-refractivity contribution in [1.29, 1.82) is 0 Å². The number of carbonyl (C=O) groups excluding carboxylic acids is 2. The van der Waals surface area contributed by atoms with Gasteiger partial charge in [-0.1, -0.05) is 6.07 Å². The van der Waals surface area contributed by atoms with E-state index in [2.05, 4.69) is 5.32 Å². The summed E-state index contributed by atoms with van der Waals surface area (Å²) in [5.41, 5.74) is 1.77. The van der Waals surface area contributed by atoms with E-state index in [4.69, 9.17) is 14.2 Å². The Hall–Kier alpha value is -2.12. The number of fused-ring (bicyclic) bond motifs is 1. The molecule has 0 saturated heterocycles. The molecule has 7 heteroatoms. The second kappa shape index (κ2) is 7.24. The monoisotopic (exact) mass is 308 g/mol. The molecular weight excluding hydrogens is 288 g/mol. The summed E-state index contributed by atoms with van der Waals surface area (Å²) in [5.74, 6) is -0.127. The molecule has 7 nitrogen and oxygen atoms in total. The van der Waals surface area contributed by atoms with Gasteiger partial charge in [0.05, 0.1) is 18.8 Å². The summed E-state index contributed by atoms with van der Waals surface area (Å²) in [5, 5.41) is 2.71. The maximum atomic E-state index is 12.0. The first-order valence-corrected chi connectivity index (χ1v) is 6.92. The third-order valence-electron chi connectivity index (χ3n) is 3.33. The van der Waals surface area contributed by atoms with Gasteiger partial charge in [-0.05, 0) is 24.6 Å². The third kappa shape index (κ3) is 3.96. The highest BCUT2D eigenvalue weighted by Gasteiger charge is 2.25. The molecule has 0 spiro atoms. The van der Waals surface area contributed by atoms with Crippen LogP contribution in [0.4, 0.5) is 5.69 Å². The summed E-state index contributed by atoms with van der Waals surface area (Å²) in [6.07, 6.45) is -0.496. The van der Waals surface area contributed by atoms with E-state index in [1.165, 1.54) is 14.2 Å². The summed E-state index contributed by atoms with van der Waals surface area (Å²) in [7, 11) is 3.00. The number of amides is 1. The summed E-state index contributed by atoms with van der Waals surface area (Å²) >= 11 is 0. The Morgan fingerprint density at radius 1 is 1.41 bits per heavy atom. The van der Waals surface area contributed by atoms with Crippen molar-refractivity contribution in [2.45, 2.75) is 13.2 Å². The van der Waals surface area contributed by atoms with Crippen molar-refractivity contribution in [2.75, 3.05) is 38.8 Å². The molecular formula is C15H20N2O5. The first-order valence-electron chi connectivity index (χ1n) is 6.92. The number of nitrogens with zero attached hydrogens (tertiary/aromatic N) is 1. The van der Waals surface area contributed by atoms with Crippen LogP contribution < -0.4 is 15.0 Å². The molecule has 0 radical (unpaired) electrons. The van der Waals surface area contributed by atoms with Crippen molar-refractivity contribution < 1.29 is 23.8 Å². The summed E-state index contributed by atoms with van der Waals surface area (Å²) in [4.78, 5) is 25.4. The van der Waals surface area contributed by atoms with E-state index in [1.807, 2.05) is 19.1 Å². The molecule has 22 heavy (non-hydrogen) atoms. The van der Waals surface area contributed by atoms with Crippen LogP contribution in [0.2, 0.25) is 0 Å². The fourth-order valence-electron chi connectivity index (χ4n) is 2.19. The van der Waals surface area contributed by atoms with Crippen LogP contribution in [-0.2, 0) is 19.1 Å². The van der Waals surface area contributed by atoms with E-state index >= 15 is 0 Å². The zero-order valence-electron chi connectivity index (χ0n) is 12.9. The Morgan fingerprint density at radius 3 is 2.82 bits per heavy atom. The lowest BCUT2D eigenvalue weighted by atomic mass is 10.1. The number of carbonyl (C=O) groups is 2. The Balaban J connectivity index is 2.02. The average Bonchev–Trinajstić information content (AvgIpc) is 2.49. The van der Waals surface area contributed by atoms with Gasteiger partial charge in [-0.2, -0.15) is 0 Å². The predicted octanol–water partition coefficient (Wildman–Crippen LogP) is 0.456. The quantitative estimate of drug-likeness (QED) is 0.467. The lowest BCUT2D eigenvalue weighted by Gasteiger charge is -2.29. The van der Waals surface area contributed by atoms with E-state index < -0.39 is 6.29 Å². The molecule has 0 aliphatic carbocycles. The van der Waals surface area contributed by atoms with Gasteiger partial charge in [0, 0.05) is 14.2 Å². The Labute approximate surface area is 129 Å². The number of ether oxygens (including phenoxy) is 3. The number of hydrogen-bond donors (Lipinski definition) is 1. The largest absolute Gasteiger partial charge is 0.423 e. The van der Waals surface area contributed by atoms with E-state index in [1.54, 1.807) is 11.0 Å². The molecule has 0 bridgehead atoms. The molecule has 1 aliphatic heterocycles. The zero-order chi connectivity index (χ0) is 16.1. The van der Waals surface area contributed by atoms with E-state index in [0.717, 1.165) is 11.3 Å². The molecule has 1 aliphatic rings. The highest BCUT2D eigenvalue weighted by atomic mass is 16.7. The van der Waals surface area contributed by atoms with Crippen LogP contribution >= 0.6 is 0 Å². The Kier molecular flexibility index (Phi) is 5.35. The minimum atomic E-state index is -0.496. The number of aryl methyl sites for hydroxylation is 1. The Bertz CT molecular complexity index is 557. The minimum absolute atomic E-state index is 0.0435. The van der Waals surface area contributed by atoms with Crippen molar-refractivity contribution in [3.63, 3.8) is 0 Å². The molecule has 0 fully saturated rings. The normalized spacial score (nSPS) is 13.8. The SMILES string of the molecule is COC(CNC(=O)CN1CC(=O)Oc2ccc(C)cc21)OC. The Morgan fingerprint density at radius 2 is 2.14 bits per heavy atom. The lowest BCUT2D eigenvalue weighted by molar-refractivity contribution is -0.133. The van der Waals surface area contributed by atoms with Crippen molar-refractivity contribution in [2.24, 2.45) is 0 Å². The van der Waals surface area contributed by atoms with Crippen LogP contribution in [0.15, 0.2) is 18.2 Å². The smallest absolute Gasteiger partial charge is 0.331 e. The van der Waals surface area contributed by atoms with Gasteiger partial charge in [-0.15, -0.1) is 0 Å². The van der Waals surface area contributed by atoms with Gasteiger partial charge in [-0.3, -0.25) is 4.79 Å². The molecule has 1 heterocycles. The van der Waals surface area contributed by atoms with Gasteiger partial charge in [0.25, 0.3) is 0 Å². The van der Waals surface area contributed by atoms with Gasteiger partial charge >= 0.3 is 5.97 Å². The number of methoxy groups -OCH3 is 2. The fourth-order valence-corrected chi connectivity index (χ4v) is 2.19. The number of esters is 1. The van der Waals surface area contributed by atoms with Crippen LogP contribution in [0.3, 0.4) is 0 Å². The maximum absolute atomic E-state index is 12.0. The topological polar surface area (TPSA) is 77.1 Å². The number of rotatable bonds is 6. The van der Waals surface area contributed by atoms with E-state index in [9.17, 15) is 9.59 Å². The summed E-state index contributed by atoms with van der Waals surface area (Å²) < 4.78 is 15.2. The fraction of sp³-hybridized carbons (Fsp3) is 0.467. The highest BCUT2D eigenvalue weighted by Crippen LogP contribution is 2.32. The van der Waals surface area contributed by atoms with Crippen molar-refractivity contribution in [3.05, 3.63) is 23.8 Å². The summed E-state index contributed by atoms with van der Waals surface area (Å²) in [6, 6.07) is 5.48. The van der Waals surface area contributed by atoms with Crippen LogP contribution in [0.5, 0.6) is 5.75 Å². The average molecular weight is 308 g/mol. The van der Waals surface area contributed by atoms with Gasteiger partial charge < -0.3 is 24.4 Å². The second-order valence-electron chi connectivity index (χ2n) is 5.01. The molecule has 1 N–H and O–H groups in total. The molecule has 0 aromatic heterocycles. The minimum Gasteiger partial charge on any atom is -0.423 e. The standard InChI is InChI=1S/C15H20N2O5/c1-10-4-5-12-11(6-10)17(9-14(19)22-12)8-13(18)16-7-15(20-2)21-3/h4-6,15H,7-9H2,1-3H3,(H,16,18). The van der Waals surface area contributed by atoms with Crippen LogP contribution in [0, 0.1) is 6.92 Å². The molecule has 1 aromatic rings. The van der Waals surface area contributed by atoms with E-state index in [-0.39, 0.29) is 31.5 Å². The van der Waals surface area contributed by atoms with Gasteiger partial charge in [0.15, 0.2) is 12.0 Å². The van der Waals surface area contributed by atoms with Gasteiger partial charge in [-0.25, -0.2) is 4.79 Å². The van der Waals surface area contributed by atoms with Crippen LogP contribution in [0.1, 0.15) is 5.56 Å². The zero-order valence-corrected chi connectivity index (χ0v) is 12.9. The first-order chi connectivity index (χ1) is 10.5. The number of benzene rings is 1.